The van der Waals surface area contributed by atoms with E-state index in [9.17, 15) is 14.7 Å². The Labute approximate surface area is 309 Å². The molecule has 49 heavy (non-hydrogen) atoms. The Morgan fingerprint density at radius 3 is 1.12 bits per heavy atom. The summed E-state index contributed by atoms with van der Waals surface area (Å²) in [5.74, 6) is -2.15. The van der Waals surface area contributed by atoms with Crippen molar-refractivity contribution in [2.24, 2.45) is 0 Å². The van der Waals surface area contributed by atoms with Crippen molar-refractivity contribution in [2.75, 3.05) is 24.6 Å². The average Bonchev–Trinajstić information content (AvgIpc) is 3.11. The van der Waals surface area contributed by atoms with Gasteiger partial charge in [0.05, 0.1) is 36.2 Å². The van der Waals surface area contributed by atoms with Crippen LogP contribution in [0.4, 0.5) is 0 Å². The number of hydrogen-bond acceptors (Lipinski definition) is 5. The van der Waals surface area contributed by atoms with Crippen LogP contribution in [-0.4, -0.2) is 41.7 Å². The van der Waals surface area contributed by atoms with Gasteiger partial charge in [-0.2, -0.15) is 0 Å². The minimum atomic E-state index is -1.20. The van der Waals surface area contributed by atoms with E-state index in [-0.39, 0.29) is 11.1 Å². The third-order valence-electron chi connectivity index (χ3n) is 9.37. The molecular formula is C42H69O4PS2. The molecule has 0 saturated heterocycles. The lowest BCUT2D eigenvalue weighted by molar-refractivity contribution is -0.255. The smallest absolute Gasteiger partial charge is 0.335 e. The molecule has 0 unspecified atom stereocenters. The lowest BCUT2D eigenvalue weighted by atomic mass is 10.0. The van der Waals surface area contributed by atoms with Crippen LogP contribution in [0.2, 0.25) is 0 Å². The highest BCUT2D eigenvalue weighted by Crippen LogP contribution is 2.61. The average molecular weight is 733 g/mol. The van der Waals surface area contributed by atoms with Crippen LogP contribution in [-0.2, 0) is 0 Å². The van der Waals surface area contributed by atoms with Gasteiger partial charge in [0.1, 0.15) is 0 Å². The van der Waals surface area contributed by atoms with Crippen molar-refractivity contribution in [2.45, 2.75) is 166 Å². The quantitative estimate of drug-likeness (QED) is 0.0510. The molecule has 0 aromatic heterocycles. The fourth-order valence-corrected chi connectivity index (χ4v) is 13.3. The first-order chi connectivity index (χ1) is 23.8. The van der Waals surface area contributed by atoms with E-state index in [1.807, 2.05) is 0 Å². The van der Waals surface area contributed by atoms with Crippen molar-refractivity contribution in [1.82, 2.24) is 0 Å². The number of carboxylic acid groups (broad SMARTS) is 2. The van der Waals surface area contributed by atoms with Gasteiger partial charge in [-0.25, -0.2) is 4.79 Å². The highest BCUT2D eigenvalue weighted by atomic mass is 33.1. The Bertz CT molecular complexity index is 1010. The van der Waals surface area contributed by atoms with Crippen LogP contribution in [0.5, 0.6) is 0 Å². The number of hydrogen-bond donors (Lipinski definition) is 1. The van der Waals surface area contributed by atoms with Crippen LogP contribution < -0.4 is 5.11 Å². The predicted octanol–water partition coefficient (Wildman–Crippen LogP) is 13.4. The summed E-state index contributed by atoms with van der Waals surface area (Å²) in [6, 6.07) is 12.9. The maximum Gasteiger partial charge on any atom is 0.335 e. The topological polar surface area (TPSA) is 77.4 Å². The van der Waals surface area contributed by atoms with Crippen molar-refractivity contribution in [3.8, 4) is 0 Å². The van der Waals surface area contributed by atoms with Crippen molar-refractivity contribution >= 4 is 40.8 Å². The number of aromatic carboxylic acids is 2. The van der Waals surface area contributed by atoms with Crippen LogP contribution in [0.3, 0.4) is 0 Å². The fourth-order valence-electron chi connectivity index (χ4n) is 6.19. The molecule has 0 bridgehead atoms. The van der Waals surface area contributed by atoms with Crippen LogP contribution in [0.15, 0.2) is 58.3 Å². The summed E-state index contributed by atoms with van der Waals surface area (Å²) >= 11 is 0. The maximum atomic E-state index is 10.7. The lowest BCUT2D eigenvalue weighted by Gasteiger charge is -2.28. The van der Waals surface area contributed by atoms with E-state index < -0.39 is 19.2 Å². The lowest BCUT2D eigenvalue weighted by Crippen LogP contribution is -2.21. The molecule has 0 radical (unpaired) electrons. The maximum absolute atomic E-state index is 10.7. The predicted molar refractivity (Wildman–Crippen MR) is 217 cm³/mol. The molecule has 4 nitrogen and oxygen atoms in total. The Morgan fingerprint density at radius 2 is 0.796 bits per heavy atom. The van der Waals surface area contributed by atoms with Crippen LogP contribution in [0.1, 0.15) is 177 Å². The molecule has 0 atom stereocenters. The summed E-state index contributed by atoms with van der Waals surface area (Å²) in [6.45, 7) is 9.48. The largest absolute Gasteiger partial charge is 0.545 e. The molecule has 0 aliphatic rings. The molecule has 0 spiro atoms. The Morgan fingerprint density at radius 1 is 0.490 bits per heavy atom. The molecule has 0 fully saturated rings. The van der Waals surface area contributed by atoms with Crippen molar-refractivity contribution < 1.29 is 19.8 Å². The van der Waals surface area contributed by atoms with E-state index in [0.29, 0.717) is 0 Å². The Balaban J connectivity index is 0.000000520. The molecule has 0 aliphatic carbocycles. The zero-order valence-electron chi connectivity index (χ0n) is 31.5. The number of unbranched alkanes of at least 4 members (excludes halogenated alkanes) is 16. The third-order valence-corrected chi connectivity index (χ3v) is 16.8. The molecule has 278 valence electrons. The standard InChI is InChI=1S/C28H60P.C14H10O4S2/c1-5-9-13-14-15-16-17-18-19-20-21-22-23-24-28-29(25-10-6-2,26-11-7-3)27-12-8-4;15-13(16)9-1-5-11(6-2-9)19-20-12-7-3-10(4-8-12)14(17)18/h5-28H2,1-4H3;1-8H,(H,15,16)(H,17,18)/q+1;/p-1. The second-order valence-electron chi connectivity index (χ2n) is 13.7. The molecule has 0 saturated carbocycles. The minimum absolute atomic E-state index is 0.144. The highest BCUT2D eigenvalue weighted by molar-refractivity contribution is 8.76. The van der Waals surface area contributed by atoms with Gasteiger partial charge in [0.25, 0.3) is 0 Å². The molecule has 2 rings (SSSR count). The number of rotatable bonds is 29. The zero-order chi connectivity index (χ0) is 36.0. The fraction of sp³-hybridized carbons (Fsp3) is 0.667. The molecular weight excluding hydrogens is 664 g/mol. The number of carboxylic acids is 2. The van der Waals surface area contributed by atoms with Gasteiger partial charge >= 0.3 is 5.97 Å². The number of benzene rings is 2. The first-order valence-electron chi connectivity index (χ1n) is 19.6. The summed E-state index contributed by atoms with van der Waals surface area (Å²) < 4.78 is 0. The monoisotopic (exact) mass is 732 g/mol. The van der Waals surface area contributed by atoms with Gasteiger partial charge in [-0.05, 0) is 74.1 Å². The zero-order valence-corrected chi connectivity index (χ0v) is 34.1. The summed E-state index contributed by atoms with van der Waals surface area (Å²) in [4.78, 5) is 23.1. The summed E-state index contributed by atoms with van der Waals surface area (Å²) in [7, 11) is 2.30. The summed E-state index contributed by atoms with van der Waals surface area (Å²) in [5.41, 5.74) is 0.392. The van der Waals surface area contributed by atoms with E-state index >= 15 is 0 Å². The van der Waals surface area contributed by atoms with E-state index in [2.05, 4.69) is 27.7 Å². The van der Waals surface area contributed by atoms with Gasteiger partial charge in [-0.3, -0.25) is 0 Å². The van der Waals surface area contributed by atoms with E-state index in [1.165, 1.54) is 156 Å². The summed E-state index contributed by atoms with van der Waals surface area (Å²) in [6.07, 6.45) is 36.0. The number of carbonyl (C=O) groups excluding carboxylic acids is 1. The third kappa shape index (κ3) is 22.8. The van der Waals surface area contributed by atoms with Gasteiger partial charge in [0.15, 0.2) is 0 Å². The molecule has 1 N–H and O–H groups in total. The molecule has 7 heteroatoms. The van der Waals surface area contributed by atoms with Gasteiger partial charge in [-0.1, -0.05) is 158 Å². The van der Waals surface area contributed by atoms with Crippen molar-refractivity contribution in [3.63, 3.8) is 0 Å². The van der Waals surface area contributed by atoms with E-state index in [0.717, 1.165) is 9.79 Å². The first kappa shape index (κ1) is 45.5. The Hall–Kier alpha value is -1.49. The Kier molecular flexibility index (Phi) is 28.0. The molecule has 0 amide bonds. The highest BCUT2D eigenvalue weighted by Gasteiger charge is 2.34. The second-order valence-corrected chi connectivity index (χ2v) is 20.4. The normalized spacial score (nSPS) is 11.3. The van der Waals surface area contributed by atoms with Gasteiger partial charge in [-0.15, -0.1) is 0 Å². The molecule has 2 aromatic carbocycles. The molecule has 0 heterocycles. The van der Waals surface area contributed by atoms with Crippen LogP contribution in [0.25, 0.3) is 0 Å². The van der Waals surface area contributed by atoms with E-state index in [1.54, 1.807) is 67.5 Å². The van der Waals surface area contributed by atoms with Gasteiger partial charge in [0.2, 0.25) is 0 Å². The molecule has 0 aliphatic heterocycles. The first-order valence-corrected chi connectivity index (χ1v) is 24.3. The van der Waals surface area contributed by atoms with E-state index in [4.69, 9.17) is 5.11 Å². The van der Waals surface area contributed by atoms with Crippen molar-refractivity contribution in [1.29, 1.82) is 0 Å². The summed E-state index contributed by atoms with van der Waals surface area (Å²) in [5, 5.41) is 19.4. The number of carbonyl (C=O) groups is 2. The van der Waals surface area contributed by atoms with Gasteiger partial charge < -0.3 is 15.0 Å². The molecule has 2 aromatic rings. The van der Waals surface area contributed by atoms with Crippen molar-refractivity contribution in [3.05, 3.63) is 59.7 Å². The van der Waals surface area contributed by atoms with Gasteiger partial charge in [0, 0.05) is 17.1 Å². The van der Waals surface area contributed by atoms with Crippen LogP contribution >= 0.6 is 28.9 Å². The van der Waals surface area contributed by atoms with Crippen LogP contribution in [0, 0.1) is 0 Å². The minimum Gasteiger partial charge on any atom is -0.545 e. The SMILES string of the molecule is CCCCCCCCCCCCCCCC[P+](CCCC)(CCCC)CCCC.O=C([O-])c1ccc(SSc2ccc(C(=O)O)cc2)cc1. The second kappa shape index (κ2) is 30.2.